The molecule has 2 heteroatoms. The SMILES string of the molecule is COCC1CCNC(C(C)C)C1. The lowest BCUT2D eigenvalue weighted by Gasteiger charge is -2.32. The van der Waals surface area contributed by atoms with E-state index in [4.69, 9.17) is 4.74 Å². The maximum absolute atomic E-state index is 5.18. The molecule has 0 bridgehead atoms. The maximum Gasteiger partial charge on any atom is 0.0491 e. The Labute approximate surface area is 75.7 Å². The summed E-state index contributed by atoms with van der Waals surface area (Å²) in [5, 5.41) is 3.55. The van der Waals surface area contributed by atoms with E-state index >= 15 is 0 Å². The monoisotopic (exact) mass is 171 g/mol. The zero-order valence-corrected chi connectivity index (χ0v) is 8.47. The van der Waals surface area contributed by atoms with Crippen LogP contribution in [-0.2, 0) is 4.74 Å². The van der Waals surface area contributed by atoms with Gasteiger partial charge in [-0.2, -0.15) is 0 Å². The summed E-state index contributed by atoms with van der Waals surface area (Å²) < 4.78 is 5.18. The number of hydrogen-bond acceptors (Lipinski definition) is 2. The molecule has 0 saturated carbocycles. The van der Waals surface area contributed by atoms with Crippen molar-refractivity contribution in [2.24, 2.45) is 11.8 Å². The first kappa shape index (κ1) is 10.0. The molecular weight excluding hydrogens is 150 g/mol. The molecule has 1 heterocycles. The minimum atomic E-state index is 0.707. The van der Waals surface area contributed by atoms with Gasteiger partial charge in [0.1, 0.15) is 0 Å². The molecule has 0 amide bonds. The highest BCUT2D eigenvalue weighted by molar-refractivity contribution is 4.80. The predicted molar refractivity (Wildman–Crippen MR) is 51.2 cm³/mol. The van der Waals surface area contributed by atoms with Gasteiger partial charge in [-0.1, -0.05) is 13.8 Å². The topological polar surface area (TPSA) is 21.3 Å². The molecule has 0 aromatic heterocycles. The Morgan fingerprint density at radius 3 is 2.83 bits per heavy atom. The summed E-state index contributed by atoms with van der Waals surface area (Å²) in [6.07, 6.45) is 2.56. The van der Waals surface area contributed by atoms with Crippen molar-refractivity contribution in [3.05, 3.63) is 0 Å². The molecule has 2 nitrogen and oxygen atoms in total. The second kappa shape index (κ2) is 4.83. The molecule has 2 unspecified atom stereocenters. The van der Waals surface area contributed by atoms with Gasteiger partial charge in [0.25, 0.3) is 0 Å². The van der Waals surface area contributed by atoms with Gasteiger partial charge in [0.15, 0.2) is 0 Å². The molecule has 1 aliphatic rings. The van der Waals surface area contributed by atoms with Gasteiger partial charge in [0.05, 0.1) is 0 Å². The normalized spacial score (nSPS) is 31.0. The second-order valence-corrected chi connectivity index (χ2v) is 4.15. The standard InChI is InChI=1S/C10H21NO/c1-8(2)10-6-9(7-12-3)4-5-11-10/h8-11H,4-7H2,1-3H3. The quantitative estimate of drug-likeness (QED) is 0.697. The van der Waals surface area contributed by atoms with Crippen LogP contribution in [0.15, 0.2) is 0 Å². The van der Waals surface area contributed by atoms with Gasteiger partial charge in [0, 0.05) is 19.8 Å². The first-order chi connectivity index (χ1) is 5.74. The summed E-state index contributed by atoms with van der Waals surface area (Å²) in [7, 11) is 1.80. The van der Waals surface area contributed by atoms with E-state index in [1.807, 2.05) is 0 Å². The van der Waals surface area contributed by atoms with Crippen LogP contribution in [0.2, 0.25) is 0 Å². The van der Waals surface area contributed by atoms with Crippen LogP contribution >= 0.6 is 0 Å². The first-order valence-corrected chi connectivity index (χ1v) is 4.96. The van der Waals surface area contributed by atoms with E-state index in [1.54, 1.807) is 7.11 Å². The third-order valence-electron chi connectivity index (χ3n) is 2.75. The summed E-state index contributed by atoms with van der Waals surface area (Å²) in [6.45, 7) is 6.67. The first-order valence-electron chi connectivity index (χ1n) is 4.96. The summed E-state index contributed by atoms with van der Waals surface area (Å²) in [5.74, 6) is 1.54. The van der Waals surface area contributed by atoms with Crippen LogP contribution in [-0.4, -0.2) is 26.3 Å². The van der Waals surface area contributed by atoms with E-state index in [2.05, 4.69) is 19.2 Å². The number of methoxy groups -OCH3 is 1. The Balaban J connectivity index is 2.30. The smallest absolute Gasteiger partial charge is 0.0491 e. The van der Waals surface area contributed by atoms with Gasteiger partial charge < -0.3 is 10.1 Å². The molecule has 1 rings (SSSR count). The van der Waals surface area contributed by atoms with Crippen LogP contribution < -0.4 is 5.32 Å². The summed E-state index contributed by atoms with van der Waals surface area (Å²) in [4.78, 5) is 0. The molecule has 0 aliphatic carbocycles. The number of piperidine rings is 1. The number of nitrogens with one attached hydrogen (secondary N) is 1. The van der Waals surface area contributed by atoms with Crippen molar-refractivity contribution in [1.29, 1.82) is 0 Å². The van der Waals surface area contributed by atoms with Crippen molar-refractivity contribution in [3.8, 4) is 0 Å². The molecule has 72 valence electrons. The van der Waals surface area contributed by atoms with Crippen LogP contribution in [0.3, 0.4) is 0 Å². The predicted octanol–water partition coefficient (Wildman–Crippen LogP) is 1.66. The molecule has 1 aliphatic heterocycles. The largest absolute Gasteiger partial charge is 0.384 e. The fourth-order valence-corrected chi connectivity index (χ4v) is 1.93. The highest BCUT2D eigenvalue weighted by Crippen LogP contribution is 2.20. The van der Waals surface area contributed by atoms with Crippen molar-refractivity contribution >= 4 is 0 Å². The van der Waals surface area contributed by atoms with Gasteiger partial charge in [-0.25, -0.2) is 0 Å². The molecule has 1 saturated heterocycles. The number of rotatable bonds is 3. The lowest BCUT2D eigenvalue weighted by atomic mass is 9.87. The lowest BCUT2D eigenvalue weighted by Crippen LogP contribution is -2.42. The van der Waals surface area contributed by atoms with Crippen LogP contribution in [0.1, 0.15) is 26.7 Å². The fourth-order valence-electron chi connectivity index (χ4n) is 1.93. The van der Waals surface area contributed by atoms with E-state index in [0.717, 1.165) is 25.0 Å². The van der Waals surface area contributed by atoms with Crippen molar-refractivity contribution in [3.63, 3.8) is 0 Å². The van der Waals surface area contributed by atoms with E-state index in [-0.39, 0.29) is 0 Å². The van der Waals surface area contributed by atoms with E-state index < -0.39 is 0 Å². The Morgan fingerprint density at radius 1 is 1.50 bits per heavy atom. The lowest BCUT2D eigenvalue weighted by molar-refractivity contribution is 0.116. The molecule has 0 aromatic carbocycles. The minimum absolute atomic E-state index is 0.707. The Kier molecular flexibility index (Phi) is 4.02. The van der Waals surface area contributed by atoms with E-state index in [1.165, 1.54) is 12.8 Å². The Hall–Kier alpha value is -0.0800. The third-order valence-corrected chi connectivity index (χ3v) is 2.75. The minimum Gasteiger partial charge on any atom is -0.384 e. The zero-order chi connectivity index (χ0) is 8.97. The summed E-state index contributed by atoms with van der Waals surface area (Å²) in [5.41, 5.74) is 0. The Morgan fingerprint density at radius 2 is 2.25 bits per heavy atom. The summed E-state index contributed by atoms with van der Waals surface area (Å²) in [6, 6.07) is 0.707. The molecule has 12 heavy (non-hydrogen) atoms. The van der Waals surface area contributed by atoms with Gasteiger partial charge in [-0.05, 0) is 31.2 Å². The van der Waals surface area contributed by atoms with Crippen molar-refractivity contribution < 1.29 is 4.74 Å². The van der Waals surface area contributed by atoms with Crippen LogP contribution in [0.5, 0.6) is 0 Å². The maximum atomic E-state index is 5.18. The van der Waals surface area contributed by atoms with E-state index in [0.29, 0.717) is 6.04 Å². The van der Waals surface area contributed by atoms with Gasteiger partial charge in [-0.15, -0.1) is 0 Å². The Bertz CT molecular complexity index is 123. The van der Waals surface area contributed by atoms with E-state index in [9.17, 15) is 0 Å². The van der Waals surface area contributed by atoms with Gasteiger partial charge >= 0.3 is 0 Å². The fraction of sp³-hybridized carbons (Fsp3) is 1.00. The zero-order valence-electron chi connectivity index (χ0n) is 8.47. The van der Waals surface area contributed by atoms with Crippen LogP contribution in [0, 0.1) is 11.8 Å². The molecule has 1 fully saturated rings. The third kappa shape index (κ3) is 2.76. The molecule has 1 N–H and O–H groups in total. The average Bonchev–Trinajstić information content (AvgIpc) is 2.05. The molecule has 2 atom stereocenters. The van der Waals surface area contributed by atoms with Crippen molar-refractivity contribution in [1.82, 2.24) is 5.32 Å². The molecule has 0 radical (unpaired) electrons. The van der Waals surface area contributed by atoms with Gasteiger partial charge in [0.2, 0.25) is 0 Å². The highest BCUT2D eigenvalue weighted by Gasteiger charge is 2.23. The highest BCUT2D eigenvalue weighted by atomic mass is 16.5. The second-order valence-electron chi connectivity index (χ2n) is 4.15. The molecule has 0 aromatic rings. The van der Waals surface area contributed by atoms with Crippen molar-refractivity contribution in [2.75, 3.05) is 20.3 Å². The number of ether oxygens (including phenoxy) is 1. The molecular formula is C10H21NO. The van der Waals surface area contributed by atoms with Crippen molar-refractivity contribution in [2.45, 2.75) is 32.7 Å². The van der Waals surface area contributed by atoms with Crippen LogP contribution in [0.4, 0.5) is 0 Å². The summed E-state index contributed by atoms with van der Waals surface area (Å²) >= 11 is 0. The number of hydrogen-bond donors (Lipinski definition) is 1. The average molecular weight is 171 g/mol. The molecule has 0 spiro atoms. The van der Waals surface area contributed by atoms with Gasteiger partial charge in [-0.3, -0.25) is 0 Å². The van der Waals surface area contributed by atoms with Crippen LogP contribution in [0.25, 0.3) is 0 Å².